The second-order valence-corrected chi connectivity index (χ2v) is 7.62. The maximum atomic E-state index is 13.7. The second-order valence-electron chi connectivity index (χ2n) is 7.62. The number of carbonyl (C=O) groups excluding carboxylic acids is 1. The molecule has 0 amide bonds. The van der Waals surface area contributed by atoms with Crippen LogP contribution in [0.25, 0.3) is 22.3 Å². The molecule has 7 nitrogen and oxygen atoms in total. The quantitative estimate of drug-likeness (QED) is 0.570. The molecule has 0 aliphatic carbocycles. The zero-order valence-electron chi connectivity index (χ0n) is 18.3. The number of nitrogens with one attached hydrogen (secondary N) is 1. The second kappa shape index (κ2) is 9.93. The van der Waals surface area contributed by atoms with Crippen molar-refractivity contribution >= 4 is 11.8 Å². The summed E-state index contributed by atoms with van der Waals surface area (Å²) in [5.41, 5.74) is 3.60. The summed E-state index contributed by atoms with van der Waals surface area (Å²) in [6, 6.07) is 10.0. The molecule has 32 heavy (non-hydrogen) atoms. The molecule has 1 aliphatic rings. The van der Waals surface area contributed by atoms with Crippen LogP contribution in [0.4, 0.5) is 10.2 Å². The fraction of sp³-hybridized carbons (Fsp3) is 0.333. The fourth-order valence-electron chi connectivity index (χ4n) is 4.08. The van der Waals surface area contributed by atoms with E-state index in [4.69, 9.17) is 9.47 Å². The number of hydrogen-bond acceptors (Lipinski definition) is 6. The van der Waals surface area contributed by atoms with Crippen molar-refractivity contribution in [3.8, 4) is 22.3 Å². The molecule has 8 heteroatoms. The number of halogens is 1. The maximum Gasteiger partial charge on any atom is 0.355 e. The average molecular weight is 439 g/mol. The monoisotopic (exact) mass is 438 g/mol. The van der Waals surface area contributed by atoms with E-state index in [0.29, 0.717) is 12.2 Å². The van der Waals surface area contributed by atoms with Crippen molar-refractivity contribution in [1.29, 1.82) is 0 Å². The highest BCUT2D eigenvalue weighted by molar-refractivity contribution is 6.05. The van der Waals surface area contributed by atoms with Gasteiger partial charge in [0.2, 0.25) is 0 Å². The van der Waals surface area contributed by atoms with Crippen LogP contribution in [0.1, 0.15) is 10.5 Å². The van der Waals surface area contributed by atoms with Crippen molar-refractivity contribution in [2.45, 2.75) is 0 Å². The predicted molar refractivity (Wildman–Crippen MR) is 121 cm³/mol. The summed E-state index contributed by atoms with van der Waals surface area (Å²) in [5, 5.41) is 3.51. The van der Waals surface area contributed by atoms with Gasteiger partial charge in [-0.25, -0.2) is 9.18 Å². The Morgan fingerprint density at radius 2 is 1.75 bits per heavy atom. The van der Waals surface area contributed by atoms with Crippen LogP contribution in [0.3, 0.4) is 0 Å². The molecule has 1 aromatic carbocycles. The molecule has 168 valence electrons. The summed E-state index contributed by atoms with van der Waals surface area (Å²) in [5.74, 6) is 0.0196. The van der Waals surface area contributed by atoms with Gasteiger partial charge < -0.3 is 19.4 Å². The van der Waals surface area contributed by atoms with Crippen LogP contribution in [-0.4, -0.2) is 66.9 Å². The Balaban J connectivity index is 1.80. The van der Waals surface area contributed by atoms with Gasteiger partial charge in [-0.3, -0.25) is 9.88 Å². The summed E-state index contributed by atoms with van der Waals surface area (Å²) in [6.45, 7) is 4.80. The number of ether oxygens (including phenoxy) is 2. The van der Waals surface area contributed by atoms with Crippen molar-refractivity contribution < 1.29 is 18.7 Å². The van der Waals surface area contributed by atoms with Gasteiger partial charge >= 0.3 is 5.97 Å². The van der Waals surface area contributed by atoms with Crippen LogP contribution in [0, 0.1) is 5.82 Å². The lowest BCUT2D eigenvalue weighted by molar-refractivity contribution is 0.0398. The van der Waals surface area contributed by atoms with E-state index in [2.05, 4.69) is 15.2 Å². The summed E-state index contributed by atoms with van der Waals surface area (Å²) < 4.78 is 26.0. The highest BCUT2D eigenvalue weighted by Gasteiger charge is 2.28. The number of morpholine rings is 1. The van der Waals surface area contributed by atoms with Crippen LogP contribution in [0.15, 0.2) is 48.8 Å². The van der Waals surface area contributed by atoms with Crippen molar-refractivity contribution in [1.82, 2.24) is 14.5 Å². The first kappa shape index (κ1) is 22.0. The molecule has 3 heterocycles. The first-order valence-electron chi connectivity index (χ1n) is 10.6. The fourth-order valence-corrected chi connectivity index (χ4v) is 4.08. The molecular weight excluding hydrogens is 411 g/mol. The Hall–Kier alpha value is -3.23. The van der Waals surface area contributed by atoms with Gasteiger partial charge in [0.25, 0.3) is 0 Å². The molecule has 3 aromatic rings. The van der Waals surface area contributed by atoms with E-state index in [-0.39, 0.29) is 5.82 Å². The van der Waals surface area contributed by atoms with E-state index in [1.807, 2.05) is 23.7 Å². The topological polar surface area (TPSA) is 68.6 Å². The number of aromatic nitrogens is 2. The molecule has 0 unspecified atom stereocenters. The molecule has 4 rings (SSSR count). The number of anilines is 1. The number of esters is 1. The van der Waals surface area contributed by atoms with Crippen LogP contribution in [0.5, 0.6) is 0 Å². The Kier molecular flexibility index (Phi) is 6.82. The van der Waals surface area contributed by atoms with Gasteiger partial charge in [-0.05, 0) is 35.4 Å². The molecule has 0 spiro atoms. The van der Waals surface area contributed by atoms with Crippen LogP contribution >= 0.6 is 0 Å². The van der Waals surface area contributed by atoms with Gasteiger partial charge in [-0.15, -0.1) is 0 Å². The number of nitrogens with zero attached hydrogens (tertiary/aromatic N) is 3. The first-order valence-corrected chi connectivity index (χ1v) is 10.6. The highest BCUT2D eigenvalue weighted by atomic mass is 19.1. The Morgan fingerprint density at radius 3 is 2.41 bits per heavy atom. The standard InChI is InChI=1S/C24H27FN4O3/c1-28-22(24(30)31-2)20(18-7-9-26-10-8-18)21(17-3-5-19(25)6-4-17)23(28)27-11-12-29-13-15-32-16-14-29/h3-10,27H,11-16H2,1-2H3. The van der Waals surface area contributed by atoms with Crippen molar-refractivity contribution in [3.05, 3.63) is 60.3 Å². The van der Waals surface area contributed by atoms with Crippen LogP contribution < -0.4 is 5.32 Å². The van der Waals surface area contributed by atoms with E-state index in [1.165, 1.54) is 19.2 Å². The minimum atomic E-state index is -0.441. The van der Waals surface area contributed by atoms with Gasteiger partial charge in [-0.2, -0.15) is 0 Å². The Labute approximate surface area is 186 Å². The lowest BCUT2D eigenvalue weighted by Gasteiger charge is -2.26. The largest absolute Gasteiger partial charge is 0.464 e. The van der Waals surface area contributed by atoms with E-state index in [0.717, 1.165) is 60.9 Å². The smallest absolute Gasteiger partial charge is 0.355 e. The van der Waals surface area contributed by atoms with Crippen molar-refractivity contribution in [3.63, 3.8) is 0 Å². The van der Waals surface area contributed by atoms with Gasteiger partial charge in [0.15, 0.2) is 0 Å². The number of rotatable bonds is 7. The summed E-state index contributed by atoms with van der Waals surface area (Å²) in [6.07, 6.45) is 3.37. The first-order chi connectivity index (χ1) is 15.6. The lowest BCUT2D eigenvalue weighted by Crippen LogP contribution is -2.39. The summed E-state index contributed by atoms with van der Waals surface area (Å²) in [7, 11) is 3.20. The van der Waals surface area contributed by atoms with Gasteiger partial charge in [0, 0.05) is 56.7 Å². The zero-order chi connectivity index (χ0) is 22.5. The number of methoxy groups -OCH3 is 1. The van der Waals surface area contributed by atoms with Gasteiger partial charge in [0.05, 0.1) is 20.3 Å². The maximum absolute atomic E-state index is 13.7. The minimum Gasteiger partial charge on any atom is -0.464 e. The molecule has 1 fully saturated rings. The van der Waals surface area contributed by atoms with Crippen molar-refractivity contribution in [2.75, 3.05) is 51.8 Å². The normalized spacial score (nSPS) is 14.3. The summed E-state index contributed by atoms with van der Waals surface area (Å²) in [4.78, 5) is 19.3. The van der Waals surface area contributed by atoms with Crippen molar-refractivity contribution in [2.24, 2.45) is 7.05 Å². The van der Waals surface area contributed by atoms with E-state index >= 15 is 0 Å². The molecule has 1 saturated heterocycles. The summed E-state index contributed by atoms with van der Waals surface area (Å²) >= 11 is 0. The van der Waals surface area contributed by atoms with Crippen LogP contribution in [0.2, 0.25) is 0 Å². The van der Waals surface area contributed by atoms with Gasteiger partial charge in [-0.1, -0.05) is 12.1 Å². The molecule has 0 atom stereocenters. The SMILES string of the molecule is COC(=O)c1c(-c2ccncc2)c(-c2ccc(F)cc2)c(NCCN2CCOCC2)n1C. The molecule has 2 aromatic heterocycles. The third kappa shape index (κ3) is 4.51. The Bertz CT molecular complexity index is 1060. The highest BCUT2D eigenvalue weighted by Crippen LogP contribution is 2.42. The third-order valence-electron chi connectivity index (χ3n) is 5.70. The number of hydrogen-bond donors (Lipinski definition) is 1. The number of carbonyl (C=O) groups is 1. The molecule has 0 saturated carbocycles. The molecular formula is C24H27FN4O3. The molecule has 0 radical (unpaired) electrons. The lowest BCUT2D eigenvalue weighted by atomic mass is 9.96. The van der Waals surface area contributed by atoms with E-state index in [1.54, 1.807) is 24.5 Å². The predicted octanol–water partition coefficient (Wildman–Crippen LogP) is 3.42. The minimum absolute atomic E-state index is 0.315. The molecule has 0 bridgehead atoms. The van der Waals surface area contributed by atoms with Crippen LogP contribution in [-0.2, 0) is 16.5 Å². The zero-order valence-corrected chi connectivity index (χ0v) is 18.3. The van der Waals surface area contributed by atoms with E-state index in [9.17, 15) is 9.18 Å². The number of pyridine rings is 1. The molecule has 1 N–H and O–H groups in total. The molecule has 1 aliphatic heterocycles. The average Bonchev–Trinajstić information content (AvgIpc) is 3.12. The Morgan fingerprint density at radius 1 is 1.09 bits per heavy atom. The van der Waals surface area contributed by atoms with Gasteiger partial charge in [0.1, 0.15) is 17.3 Å². The number of benzene rings is 1. The third-order valence-corrected chi connectivity index (χ3v) is 5.70. The van der Waals surface area contributed by atoms with E-state index < -0.39 is 5.97 Å².